The summed E-state index contributed by atoms with van der Waals surface area (Å²) in [5.41, 5.74) is 7.86. The van der Waals surface area contributed by atoms with Crippen LogP contribution in [-0.4, -0.2) is 30.2 Å². The van der Waals surface area contributed by atoms with Gasteiger partial charge in [-0.25, -0.2) is 0 Å². The summed E-state index contributed by atoms with van der Waals surface area (Å²) in [5.74, 6) is 0.647. The Kier molecular flexibility index (Phi) is 5.27. The summed E-state index contributed by atoms with van der Waals surface area (Å²) in [4.78, 5) is 5.48. The molecule has 0 amide bonds. The van der Waals surface area contributed by atoms with Gasteiger partial charge >= 0.3 is 0 Å². The fourth-order valence-electron chi connectivity index (χ4n) is 2.59. The molecule has 0 radical (unpaired) electrons. The van der Waals surface area contributed by atoms with Crippen LogP contribution in [-0.2, 0) is 0 Å². The molecule has 0 bridgehead atoms. The second-order valence-corrected chi connectivity index (χ2v) is 6.39. The zero-order valence-electron chi connectivity index (χ0n) is 11.3. The van der Waals surface area contributed by atoms with Crippen LogP contribution in [0.4, 0.5) is 0 Å². The molecule has 0 heterocycles. The van der Waals surface area contributed by atoms with E-state index >= 15 is 0 Å². The molecule has 2 aliphatic rings. The number of nitrogens with zero attached hydrogens (tertiary/aromatic N) is 1. The van der Waals surface area contributed by atoms with Crippen molar-refractivity contribution < 1.29 is 0 Å². The van der Waals surface area contributed by atoms with E-state index in [1.54, 1.807) is 11.8 Å². The molecule has 3 nitrogen and oxygen atoms in total. The van der Waals surface area contributed by atoms with Crippen LogP contribution >= 0.6 is 11.8 Å². The molecule has 0 saturated heterocycles. The molecule has 102 valence electrons. The van der Waals surface area contributed by atoms with E-state index in [-0.39, 0.29) is 0 Å². The lowest BCUT2D eigenvalue weighted by molar-refractivity contribution is 0.339. The number of hydrogen-bond acceptors (Lipinski definition) is 4. The van der Waals surface area contributed by atoms with Gasteiger partial charge in [-0.15, -0.1) is 0 Å². The van der Waals surface area contributed by atoms with E-state index in [1.807, 2.05) is 5.55 Å². The van der Waals surface area contributed by atoms with Crippen LogP contribution in [0.3, 0.4) is 0 Å². The molecule has 2 aliphatic carbocycles. The number of nitrogens with one attached hydrogen (secondary N) is 1. The van der Waals surface area contributed by atoms with Crippen LogP contribution in [0.2, 0.25) is 0 Å². The van der Waals surface area contributed by atoms with Gasteiger partial charge in [-0.05, 0) is 43.9 Å². The average molecular weight is 267 g/mol. The first kappa shape index (κ1) is 14.1. The molecule has 4 heteroatoms. The Bertz CT molecular complexity index is 308. The largest absolute Gasteiger partial charge is 0.328 e. The first-order valence-electron chi connectivity index (χ1n) is 7.06. The van der Waals surface area contributed by atoms with Crippen molar-refractivity contribution in [3.63, 3.8) is 0 Å². The third-order valence-electron chi connectivity index (χ3n) is 3.89. The molecule has 3 N–H and O–H groups in total. The van der Waals surface area contributed by atoms with Crippen molar-refractivity contribution in [1.82, 2.24) is 5.32 Å². The van der Waals surface area contributed by atoms with Crippen molar-refractivity contribution in [1.29, 1.82) is 0 Å². The molecule has 0 aromatic carbocycles. The van der Waals surface area contributed by atoms with Gasteiger partial charge in [-0.2, -0.15) is 0 Å². The lowest BCUT2D eigenvalue weighted by Crippen LogP contribution is -2.38. The van der Waals surface area contributed by atoms with Gasteiger partial charge in [0.25, 0.3) is 0 Å². The minimum absolute atomic E-state index is 0.439. The van der Waals surface area contributed by atoms with Gasteiger partial charge in [0.2, 0.25) is 0 Å². The maximum atomic E-state index is 5.93. The van der Waals surface area contributed by atoms with E-state index in [1.165, 1.54) is 37.0 Å². The minimum atomic E-state index is 0.439. The highest BCUT2D eigenvalue weighted by atomic mass is 32.2. The monoisotopic (exact) mass is 267 g/mol. The van der Waals surface area contributed by atoms with Crippen molar-refractivity contribution in [2.45, 2.75) is 57.2 Å². The number of nitrogens with two attached hydrogens (primary N) is 1. The molecule has 2 rings (SSSR count). The first-order chi connectivity index (χ1) is 8.70. The quantitative estimate of drug-likeness (QED) is 0.574. The van der Waals surface area contributed by atoms with Crippen LogP contribution in [0.5, 0.6) is 0 Å². The Balaban J connectivity index is 1.65. The normalized spacial score (nSPS) is 35.9. The number of thioether (sulfide) groups is 1. The smallest absolute Gasteiger partial charge is 0.0585 e. The van der Waals surface area contributed by atoms with Crippen molar-refractivity contribution in [3.05, 3.63) is 11.5 Å². The van der Waals surface area contributed by atoms with Gasteiger partial charge in [0.15, 0.2) is 0 Å². The Morgan fingerprint density at radius 2 is 2.17 bits per heavy atom. The summed E-state index contributed by atoms with van der Waals surface area (Å²) in [6.45, 7) is 7.06. The zero-order chi connectivity index (χ0) is 13.0. The minimum Gasteiger partial charge on any atom is -0.328 e. The standard InChI is InChI=1S/C14H25N3S/c1-3-16-9-18-10(2)13-8-14(13)17-12-6-4-11(15)5-7-12/h9,11-14,17H,2-8,15H2,1H3. The maximum absolute atomic E-state index is 5.93. The Labute approximate surface area is 115 Å². The summed E-state index contributed by atoms with van der Waals surface area (Å²) in [5, 5.41) is 3.76. The van der Waals surface area contributed by atoms with Gasteiger partial charge < -0.3 is 11.1 Å². The van der Waals surface area contributed by atoms with Crippen molar-refractivity contribution in [2.24, 2.45) is 16.6 Å². The van der Waals surface area contributed by atoms with Crippen molar-refractivity contribution in [3.8, 4) is 0 Å². The molecule has 0 aromatic heterocycles. The van der Waals surface area contributed by atoms with E-state index in [2.05, 4.69) is 23.8 Å². The molecule has 0 aromatic rings. The zero-order valence-corrected chi connectivity index (χ0v) is 12.1. The third kappa shape index (κ3) is 4.11. The highest BCUT2D eigenvalue weighted by Gasteiger charge is 2.40. The second kappa shape index (κ2) is 6.73. The molecule has 2 saturated carbocycles. The van der Waals surface area contributed by atoms with E-state index in [9.17, 15) is 0 Å². The summed E-state index contributed by atoms with van der Waals surface area (Å²) >= 11 is 1.69. The van der Waals surface area contributed by atoms with E-state index in [0.717, 1.165) is 6.54 Å². The van der Waals surface area contributed by atoms with E-state index in [0.29, 0.717) is 24.0 Å². The van der Waals surface area contributed by atoms with Crippen LogP contribution in [0.15, 0.2) is 16.5 Å². The maximum Gasteiger partial charge on any atom is 0.0585 e. The molecule has 18 heavy (non-hydrogen) atoms. The summed E-state index contributed by atoms with van der Waals surface area (Å²) in [6, 6.07) is 1.77. The fourth-order valence-corrected chi connectivity index (χ4v) is 3.38. The Morgan fingerprint density at radius 1 is 1.44 bits per heavy atom. The van der Waals surface area contributed by atoms with Gasteiger partial charge in [0, 0.05) is 30.6 Å². The van der Waals surface area contributed by atoms with Gasteiger partial charge in [-0.3, -0.25) is 4.99 Å². The molecule has 0 aliphatic heterocycles. The predicted octanol–water partition coefficient (Wildman–Crippen LogP) is 2.53. The lowest BCUT2D eigenvalue weighted by atomic mass is 9.92. The average Bonchev–Trinajstić information content (AvgIpc) is 3.12. The number of hydrogen-bond donors (Lipinski definition) is 2. The molecular formula is C14H25N3S. The number of rotatable bonds is 6. The van der Waals surface area contributed by atoms with E-state index in [4.69, 9.17) is 5.73 Å². The van der Waals surface area contributed by atoms with Crippen LogP contribution in [0.1, 0.15) is 39.0 Å². The topological polar surface area (TPSA) is 50.4 Å². The predicted molar refractivity (Wildman–Crippen MR) is 81.0 cm³/mol. The van der Waals surface area contributed by atoms with Gasteiger partial charge in [-0.1, -0.05) is 18.3 Å². The molecule has 0 spiro atoms. The first-order valence-corrected chi connectivity index (χ1v) is 7.94. The van der Waals surface area contributed by atoms with Crippen molar-refractivity contribution in [2.75, 3.05) is 6.54 Å². The molecule has 2 fully saturated rings. The molecular weight excluding hydrogens is 242 g/mol. The molecule has 2 atom stereocenters. The Morgan fingerprint density at radius 3 is 2.83 bits per heavy atom. The lowest BCUT2D eigenvalue weighted by Gasteiger charge is -2.27. The Hall–Kier alpha value is -0.320. The highest BCUT2D eigenvalue weighted by molar-refractivity contribution is 8.15. The molecule has 2 unspecified atom stereocenters. The summed E-state index contributed by atoms with van der Waals surface area (Å²) < 4.78 is 0. The van der Waals surface area contributed by atoms with Crippen molar-refractivity contribution >= 4 is 17.3 Å². The van der Waals surface area contributed by atoms with Crippen LogP contribution < -0.4 is 11.1 Å². The fraction of sp³-hybridized carbons (Fsp3) is 0.786. The summed E-state index contributed by atoms with van der Waals surface area (Å²) in [6.07, 6.45) is 6.07. The summed E-state index contributed by atoms with van der Waals surface area (Å²) in [7, 11) is 0. The third-order valence-corrected chi connectivity index (χ3v) is 4.75. The SMILES string of the molecule is C=C(SC=NCC)C1CC1NC1CCC(N)CC1. The van der Waals surface area contributed by atoms with Gasteiger partial charge in [0.05, 0.1) is 5.55 Å². The van der Waals surface area contributed by atoms with E-state index < -0.39 is 0 Å². The van der Waals surface area contributed by atoms with Crippen LogP contribution in [0, 0.1) is 5.92 Å². The van der Waals surface area contributed by atoms with Crippen LogP contribution in [0.25, 0.3) is 0 Å². The highest BCUT2D eigenvalue weighted by Crippen LogP contribution is 2.41. The number of aliphatic imine (C=N–C) groups is 1. The van der Waals surface area contributed by atoms with Gasteiger partial charge in [0.1, 0.15) is 0 Å². The second-order valence-electron chi connectivity index (χ2n) is 5.42.